The molecule has 12 aromatic rings. The molecular formula is C48H28N4S. The van der Waals surface area contributed by atoms with Gasteiger partial charge in [0.05, 0.1) is 33.3 Å². The molecule has 4 nitrogen and oxygen atoms in total. The summed E-state index contributed by atoms with van der Waals surface area (Å²) in [5.41, 5.74) is 8.61. The van der Waals surface area contributed by atoms with Crippen molar-refractivity contribution in [2.45, 2.75) is 0 Å². The normalized spacial score (nSPS) is 12.2. The molecule has 0 aliphatic heterocycles. The van der Waals surface area contributed by atoms with Crippen molar-refractivity contribution in [2.24, 2.45) is 0 Å². The Labute approximate surface area is 307 Å². The van der Waals surface area contributed by atoms with Gasteiger partial charge in [0.15, 0.2) is 0 Å². The van der Waals surface area contributed by atoms with E-state index in [0.717, 1.165) is 44.4 Å². The quantitative estimate of drug-likeness (QED) is 0.185. The lowest BCUT2D eigenvalue weighted by molar-refractivity contribution is 1.01. The Bertz CT molecular complexity index is 3460. The lowest BCUT2D eigenvalue weighted by Crippen LogP contribution is -2.03. The average Bonchev–Trinajstić information content (AvgIpc) is 3.87. The fourth-order valence-electron chi connectivity index (χ4n) is 8.62. The second-order valence-corrected chi connectivity index (χ2v) is 14.8. The third-order valence-electron chi connectivity index (χ3n) is 10.9. The Morgan fingerprint density at radius 2 is 1.02 bits per heavy atom. The lowest BCUT2D eigenvalue weighted by atomic mass is 9.97. The largest absolute Gasteiger partial charge is 0.309 e. The van der Waals surface area contributed by atoms with Crippen molar-refractivity contribution in [3.05, 3.63) is 170 Å². The third-order valence-corrected chi connectivity index (χ3v) is 12.1. The summed E-state index contributed by atoms with van der Waals surface area (Å²) in [6, 6.07) is 61.0. The van der Waals surface area contributed by atoms with Crippen molar-refractivity contribution >= 4 is 96.8 Å². The predicted octanol–water partition coefficient (Wildman–Crippen LogP) is 13.0. The van der Waals surface area contributed by atoms with Crippen molar-refractivity contribution < 1.29 is 0 Å². The summed E-state index contributed by atoms with van der Waals surface area (Å²) in [6.45, 7) is 0. The molecule has 0 bridgehead atoms. The van der Waals surface area contributed by atoms with Gasteiger partial charge >= 0.3 is 0 Å². The zero-order valence-electron chi connectivity index (χ0n) is 28.4. The molecule has 5 heteroatoms. The van der Waals surface area contributed by atoms with E-state index in [4.69, 9.17) is 9.97 Å². The van der Waals surface area contributed by atoms with Gasteiger partial charge in [-0.15, -0.1) is 11.3 Å². The van der Waals surface area contributed by atoms with Crippen LogP contribution in [0.5, 0.6) is 0 Å². The second kappa shape index (κ2) is 10.8. The van der Waals surface area contributed by atoms with Gasteiger partial charge < -0.3 is 4.57 Å². The fourth-order valence-corrected chi connectivity index (χ4v) is 9.86. The SMILES string of the molecule is c1ccc(-n2c3ccccc3c3cc4c5ccccc5n(-c5nc(-c6cc7ccccc7c7c6sc6ccccc67)c6ccccc6n5)c4cc32)cc1. The van der Waals surface area contributed by atoms with E-state index in [1.54, 1.807) is 0 Å². The Morgan fingerprint density at radius 3 is 1.81 bits per heavy atom. The Hall–Kier alpha value is -6.82. The molecular weight excluding hydrogens is 665 g/mol. The molecule has 0 amide bonds. The highest BCUT2D eigenvalue weighted by atomic mass is 32.1. The summed E-state index contributed by atoms with van der Waals surface area (Å²) in [7, 11) is 0. The lowest BCUT2D eigenvalue weighted by Gasteiger charge is -2.14. The van der Waals surface area contributed by atoms with E-state index in [-0.39, 0.29) is 0 Å². The molecule has 0 spiro atoms. The van der Waals surface area contributed by atoms with Gasteiger partial charge in [-0.2, -0.15) is 0 Å². The Kier molecular flexibility index (Phi) is 5.90. The summed E-state index contributed by atoms with van der Waals surface area (Å²) in [5.74, 6) is 0.661. The number of nitrogens with zero attached hydrogens (tertiary/aromatic N) is 4. The Balaban J connectivity index is 1.22. The third kappa shape index (κ3) is 4.05. The highest BCUT2D eigenvalue weighted by Gasteiger charge is 2.22. The smallest absolute Gasteiger partial charge is 0.235 e. The maximum atomic E-state index is 5.60. The van der Waals surface area contributed by atoms with Crippen LogP contribution < -0.4 is 0 Å². The molecule has 0 atom stereocenters. The number of hydrogen-bond donors (Lipinski definition) is 0. The molecule has 0 aliphatic carbocycles. The molecule has 0 radical (unpaired) electrons. The van der Waals surface area contributed by atoms with Crippen LogP contribution in [0.3, 0.4) is 0 Å². The highest BCUT2D eigenvalue weighted by Crippen LogP contribution is 2.46. The van der Waals surface area contributed by atoms with Gasteiger partial charge in [-0.3, -0.25) is 4.57 Å². The minimum absolute atomic E-state index is 0.661. The van der Waals surface area contributed by atoms with Crippen LogP contribution in [0.25, 0.3) is 108 Å². The van der Waals surface area contributed by atoms with E-state index >= 15 is 0 Å². The molecule has 12 rings (SSSR count). The van der Waals surface area contributed by atoms with Crippen LogP contribution in [0.2, 0.25) is 0 Å². The molecule has 0 fully saturated rings. The predicted molar refractivity (Wildman–Crippen MR) is 224 cm³/mol. The van der Waals surface area contributed by atoms with Crippen LogP contribution in [0, 0.1) is 0 Å². The minimum atomic E-state index is 0.661. The number of rotatable bonds is 3. The van der Waals surface area contributed by atoms with E-state index in [1.165, 1.54) is 58.0 Å². The van der Waals surface area contributed by atoms with Crippen molar-refractivity contribution in [2.75, 3.05) is 0 Å². The average molecular weight is 693 g/mol. The molecule has 4 heterocycles. The van der Waals surface area contributed by atoms with Crippen LogP contribution in [0.4, 0.5) is 0 Å². The van der Waals surface area contributed by atoms with Gasteiger partial charge in [0, 0.05) is 58.4 Å². The number of hydrogen-bond acceptors (Lipinski definition) is 3. The molecule has 0 aliphatic rings. The maximum Gasteiger partial charge on any atom is 0.235 e. The van der Waals surface area contributed by atoms with Crippen molar-refractivity contribution in [1.29, 1.82) is 0 Å². The van der Waals surface area contributed by atoms with E-state index in [1.807, 2.05) is 11.3 Å². The van der Waals surface area contributed by atoms with E-state index < -0.39 is 0 Å². The van der Waals surface area contributed by atoms with E-state index in [2.05, 4.69) is 179 Å². The van der Waals surface area contributed by atoms with Crippen LogP contribution in [-0.2, 0) is 0 Å². The van der Waals surface area contributed by atoms with Crippen LogP contribution in [0.15, 0.2) is 170 Å². The van der Waals surface area contributed by atoms with E-state index in [9.17, 15) is 0 Å². The molecule has 246 valence electrons. The molecule has 0 saturated heterocycles. The van der Waals surface area contributed by atoms with Gasteiger partial charge in [0.25, 0.3) is 0 Å². The summed E-state index contributed by atoms with van der Waals surface area (Å²) in [5, 5.41) is 10.9. The number of fused-ring (bicyclic) bond motifs is 12. The van der Waals surface area contributed by atoms with Crippen molar-refractivity contribution in [1.82, 2.24) is 19.1 Å². The first kappa shape index (κ1) is 28.8. The summed E-state index contributed by atoms with van der Waals surface area (Å²) in [6.07, 6.45) is 0. The van der Waals surface area contributed by atoms with Gasteiger partial charge in [-0.1, -0.05) is 115 Å². The molecule has 0 N–H and O–H groups in total. The van der Waals surface area contributed by atoms with Crippen LogP contribution in [-0.4, -0.2) is 19.1 Å². The molecule has 4 aromatic heterocycles. The van der Waals surface area contributed by atoms with Crippen molar-refractivity contribution in [3.8, 4) is 22.9 Å². The van der Waals surface area contributed by atoms with Crippen LogP contribution in [0.1, 0.15) is 0 Å². The van der Waals surface area contributed by atoms with E-state index in [0.29, 0.717) is 5.95 Å². The highest BCUT2D eigenvalue weighted by molar-refractivity contribution is 7.26. The standard InChI is InChI=1S/C48H28N4S/c1-2-15-30(16-3-1)51-40-23-11-7-18-32(40)36-27-37-33-19-8-12-24-41(33)52(43(37)28-42(36)51)48-49-39-22-10-6-20-34(39)46(50-48)38-26-29-14-4-5-17-31(29)45-35-21-9-13-25-44(35)53-47(38)45/h1-28H. The first-order chi connectivity index (χ1) is 26.3. The molecule has 53 heavy (non-hydrogen) atoms. The van der Waals surface area contributed by atoms with Gasteiger partial charge in [0.2, 0.25) is 5.95 Å². The first-order valence-electron chi connectivity index (χ1n) is 17.9. The monoisotopic (exact) mass is 692 g/mol. The second-order valence-electron chi connectivity index (χ2n) is 13.8. The molecule has 0 saturated carbocycles. The molecule has 8 aromatic carbocycles. The number of benzene rings is 8. The first-order valence-corrected chi connectivity index (χ1v) is 18.7. The number of aromatic nitrogens is 4. The van der Waals surface area contributed by atoms with Gasteiger partial charge in [0.1, 0.15) is 0 Å². The zero-order chi connectivity index (χ0) is 34.6. The Morgan fingerprint density at radius 1 is 0.415 bits per heavy atom. The summed E-state index contributed by atoms with van der Waals surface area (Å²) in [4.78, 5) is 10.9. The van der Waals surface area contributed by atoms with Gasteiger partial charge in [-0.05, 0) is 65.4 Å². The maximum absolute atomic E-state index is 5.60. The topological polar surface area (TPSA) is 35.6 Å². The van der Waals surface area contributed by atoms with Gasteiger partial charge in [-0.25, -0.2) is 9.97 Å². The van der Waals surface area contributed by atoms with Crippen LogP contribution >= 0.6 is 11.3 Å². The summed E-state index contributed by atoms with van der Waals surface area (Å²) >= 11 is 1.85. The minimum Gasteiger partial charge on any atom is -0.309 e. The zero-order valence-corrected chi connectivity index (χ0v) is 29.2. The fraction of sp³-hybridized carbons (Fsp3) is 0. The summed E-state index contributed by atoms with van der Waals surface area (Å²) < 4.78 is 7.18. The van der Waals surface area contributed by atoms with Crippen molar-refractivity contribution in [3.63, 3.8) is 0 Å². The molecule has 0 unspecified atom stereocenters. The number of para-hydroxylation sites is 4. The number of thiophene rings is 1.